The molecular formula is C16H27N5. The van der Waals surface area contributed by atoms with E-state index in [-0.39, 0.29) is 0 Å². The van der Waals surface area contributed by atoms with Crippen LogP contribution in [0.1, 0.15) is 63.9 Å². The Morgan fingerprint density at radius 2 is 1.95 bits per heavy atom. The zero-order chi connectivity index (χ0) is 14.8. The summed E-state index contributed by atoms with van der Waals surface area (Å²) in [4.78, 5) is 11.5. The third-order valence-corrected chi connectivity index (χ3v) is 5.09. The maximum atomic E-state index is 5.66. The number of nitrogens with two attached hydrogens (primary N) is 1. The van der Waals surface area contributed by atoms with E-state index in [9.17, 15) is 0 Å². The van der Waals surface area contributed by atoms with Gasteiger partial charge in [0.25, 0.3) is 0 Å². The number of nitrogens with one attached hydrogen (secondary N) is 1. The van der Waals surface area contributed by atoms with E-state index >= 15 is 0 Å². The lowest BCUT2D eigenvalue weighted by Crippen LogP contribution is -2.47. The molecule has 2 heterocycles. The highest BCUT2D eigenvalue weighted by Gasteiger charge is 2.35. The first-order chi connectivity index (χ1) is 10.2. The lowest BCUT2D eigenvalue weighted by Gasteiger charge is -2.45. The fourth-order valence-corrected chi connectivity index (χ4v) is 4.15. The standard InChI is InChI=1S/C16H27N5/c1-11(2)14-15(20-17)18-10-19-16(14)21-9-5-7-12-6-3-4-8-13(12)21/h10-13H,3-9,17H2,1-2H3,(H,18,19,20). The number of rotatable bonds is 3. The Labute approximate surface area is 127 Å². The van der Waals surface area contributed by atoms with Crippen LogP contribution >= 0.6 is 0 Å². The van der Waals surface area contributed by atoms with Crippen molar-refractivity contribution in [2.24, 2.45) is 11.8 Å². The van der Waals surface area contributed by atoms with Gasteiger partial charge in [0.2, 0.25) is 0 Å². The lowest BCUT2D eigenvalue weighted by atomic mass is 9.78. The van der Waals surface area contributed by atoms with Crippen molar-refractivity contribution in [2.45, 2.75) is 64.3 Å². The molecular weight excluding hydrogens is 262 g/mol. The van der Waals surface area contributed by atoms with E-state index in [1.54, 1.807) is 6.33 Å². The molecule has 0 bridgehead atoms. The molecule has 3 rings (SSSR count). The highest BCUT2D eigenvalue weighted by atomic mass is 15.3. The summed E-state index contributed by atoms with van der Waals surface area (Å²) >= 11 is 0. The SMILES string of the molecule is CC(C)c1c(NN)ncnc1N1CCCC2CCCCC21. The van der Waals surface area contributed by atoms with Crippen molar-refractivity contribution < 1.29 is 0 Å². The van der Waals surface area contributed by atoms with Crippen LogP contribution < -0.4 is 16.2 Å². The average Bonchev–Trinajstić information content (AvgIpc) is 2.53. The van der Waals surface area contributed by atoms with Crippen LogP contribution in [0.4, 0.5) is 11.6 Å². The molecule has 3 N–H and O–H groups in total. The van der Waals surface area contributed by atoms with E-state index < -0.39 is 0 Å². The smallest absolute Gasteiger partial charge is 0.148 e. The van der Waals surface area contributed by atoms with Crippen LogP contribution in [0.2, 0.25) is 0 Å². The summed E-state index contributed by atoms with van der Waals surface area (Å²) in [6.07, 6.45) is 9.72. The van der Waals surface area contributed by atoms with Gasteiger partial charge in [-0.2, -0.15) is 0 Å². The minimum absolute atomic E-state index is 0.358. The van der Waals surface area contributed by atoms with Gasteiger partial charge >= 0.3 is 0 Å². The minimum atomic E-state index is 0.358. The van der Waals surface area contributed by atoms with Gasteiger partial charge in [0.15, 0.2) is 0 Å². The molecule has 1 aliphatic heterocycles. The Kier molecular flexibility index (Phi) is 4.29. The van der Waals surface area contributed by atoms with Crippen molar-refractivity contribution in [2.75, 3.05) is 16.9 Å². The van der Waals surface area contributed by atoms with Gasteiger partial charge in [0, 0.05) is 18.2 Å². The molecule has 2 unspecified atom stereocenters. The summed E-state index contributed by atoms with van der Waals surface area (Å²) in [5.41, 5.74) is 3.91. The molecule has 116 valence electrons. The zero-order valence-corrected chi connectivity index (χ0v) is 13.2. The average molecular weight is 289 g/mol. The number of nitrogens with zero attached hydrogens (tertiary/aromatic N) is 3. The summed E-state index contributed by atoms with van der Waals surface area (Å²) in [5.74, 6) is 8.73. The van der Waals surface area contributed by atoms with E-state index in [2.05, 4.69) is 34.1 Å². The predicted molar refractivity (Wildman–Crippen MR) is 86.3 cm³/mol. The van der Waals surface area contributed by atoms with Crippen LogP contribution in [0.25, 0.3) is 0 Å². The van der Waals surface area contributed by atoms with Crippen molar-refractivity contribution >= 4 is 11.6 Å². The number of piperidine rings is 1. The van der Waals surface area contributed by atoms with E-state index in [1.807, 2.05) is 0 Å². The Bertz CT molecular complexity index is 486. The molecule has 0 radical (unpaired) electrons. The molecule has 1 aliphatic carbocycles. The molecule has 5 heteroatoms. The monoisotopic (exact) mass is 289 g/mol. The second-order valence-corrected chi connectivity index (χ2v) is 6.71. The second kappa shape index (κ2) is 6.18. The molecule has 0 spiro atoms. The third-order valence-electron chi connectivity index (χ3n) is 5.09. The highest BCUT2D eigenvalue weighted by molar-refractivity contribution is 5.60. The van der Waals surface area contributed by atoms with Gasteiger partial charge in [-0.3, -0.25) is 0 Å². The summed E-state index contributed by atoms with van der Waals surface area (Å²) in [5, 5.41) is 0. The van der Waals surface area contributed by atoms with E-state index in [1.165, 1.54) is 38.5 Å². The first kappa shape index (κ1) is 14.6. The number of aromatic nitrogens is 2. The lowest BCUT2D eigenvalue weighted by molar-refractivity contribution is 0.242. The van der Waals surface area contributed by atoms with Gasteiger partial charge in [-0.1, -0.05) is 26.7 Å². The molecule has 1 aromatic rings. The van der Waals surface area contributed by atoms with Crippen molar-refractivity contribution in [3.8, 4) is 0 Å². The van der Waals surface area contributed by atoms with Crippen LogP contribution in [0.3, 0.4) is 0 Å². The van der Waals surface area contributed by atoms with Crippen molar-refractivity contribution in [3.05, 3.63) is 11.9 Å². The molecule has 5 nitrogen and oxygen atoms in total. The van der Waals surface area contributed by atoms with Crippen molar-refractivity contribution in [1.29, 1.82) is 0 Å². The number of hydrogen-bond acceptors (Lipinski definition) is 5. The van der Waals surface area contributed by atoms with Crippen LogP contribution in [0.5, 0.6) is 0 Å². The molecule has 1 aromatic heterocycles. The molecule has 21 heavy (non-hydrogen) atoms. The summed E-state index contributed by atoms with van der Waals surface area (Å²) in [6, 6.07) is 0.658. The summed E-state index contributed by atoms with van der Waals surface area (Å²) in [7, 11) is 0. The van der Waals surface area contributed by atoms with Gasteiger partial charge in [-0.05, 0) is 37.5 Å². The van der Waals surface area contributed by atoms with Crippen molar-refractivity contribution in [3.63, 3.8) is 0 Å². The normalized spacial score (nSPS) is 25.8. The Morgan fingerprint density at radius 1 is 1.19 bits per heavy atom. The van der Waals surface area contributed by atoms with Crippen molar-refractivity contribution in [1.82, 2.24) is 9.97 Å². The van der Waals surface area contributed by atoms with Gasteiger partial charge in [0.1, 0.15) is 18.0 Å². The van der Waals surface area contributed by atoms with Gasteiger partial charge in [0.05, 0.1) is 0 Å². The van der Waals surface area contributed by atoms with Crippen LogP contribution in [0, 0.1) is 5.92 Å². The molecule has 1 saturated carbocycles. The van der Waals surface area contributed by atoms with E-state index in [0.29, 0.717) is 12.0 Å². The Hall–Kier alpha value is -1.36. The number of fused-ring (bicyclic) bond motifs is 1. The molecule has 0 amide bonds. The van der Waals surface area contributed by atoms with Crippen LogP contribution in [-0.2, 0) is 0 Å². The van der Waals surface area contributed by atoms with Crippen LogP contribution in [-0.4, -0.2) is 22.6 Å². The quantitative estimate of drug-likeness (QED) is 0.661. The largest absolute Gasteiger partial charge is 0.353 e. The fraction of sp³-hybridized carbons (Fsp3) is 0.750. The third kappa shape index (κ3) is 2.71. The summed E-state index contributed by atoms with van der Waals surface area (Å²) in [6.45, 7) is 5.48. The van der Waals surface area contributed by atoms with Crippen LogP contribution in [0.15, 0.2) is 6.33 Å². The summed E-state index contributed by atoms with van der Waals surface area (Å²) < 4.78 is 0. The molecule has 2 atom stereocenters. The fourth-order valence-electron chi connectivity index (χ4n) is 4.15. The number of hydrazine groups is 1. The Balaban J connectivity index is 1.98. The maximum absolute atomic E-state index is 5.66. The van der Waals surface area contributed by atoms with Gasteiger partial charge in [-0.25, -0.2) is 15.8 Å². The molecule has 0 aromatic carbocycles. The first-order valence-corrected chi connectivity index (χ1v) is 8.30. The molecule has 2 aliphatic rings. The molecule has 2 fully saturated rings. The topological polar surface area (TPSA) is 67.1 Å². The van der Waals surface area contributed by atoms with E-state index in [0.717, 1.165) is 29.7 Å². The first-order valence-electron chi connectivity index (χ1n) is 8.30. The second-order valence-electron chi connectivity index (χ2n) is 6.71. The van der Waals surface area contributed by atoms with Gasteiger partial charge < -0.3 is 10.3 Å². The number of nitrogen functional groups attached to an aromatic ring is 1. The number of hydrogen-bond donors (Lipinski definition) is 2. The number of anilines is 2. The molecule has 1 saturated heterocycles. The minimum Gasteiger partial charge on any atom is -0.353 e. The van der Waals surface area contributed by atoms with Gasteiger partial charge in [-0.15, -0.1) is 0 Å². The van der Waals surface area contributed by atoms with E-state index in [4.69, 9.17) is 5.84 Å². The predicted octanol–water partition coefficient (Wildman–Crippen LogP) is 3.04. The Morgan fingerprint density at radius 3 is 2.71 bits per heavy atom. The highest BCUT2D eigenvalue weighted by Crippen LogP contribution is 2.40. The maximum Gasteiger partial charge on any atom is 0.148 e. The zero-order valence-electron chi connectivity index (χ0n) is 13.2.